The Morgan fingerprint density at radius 2 is 0.863 bits per heavy atom. The van der Waals surface area contributed by atoms with Gasteiger partial charge >= 0.3 is 19.8 Å². The largest absolute Gasteiger partial charge is 0.469 e. The second kappa shape index (κ2) is 37.4. The van der Waals surface area contributed by atoms with E-state index in [9.17, 15) is 14.2 Å². The predicted molar refractivity (Wildman–Crippen MR) is 212 cm³/mol. The standard InChI is InChI=1S/C42H83O8P/c1-4-6-7-8-9-10-19-24-27-30-33-36-42(44)50-40(38-49-51(45,46)47)37-48-41(43)35-32-29-26-23-21-18-16-14-12-11-13-15-17-20-22-25-28-31-34-39(3)5-2/h39-40H,4-38H2,1-3H3,(H2,45,46,47)/t39?,40-/m1/s1. The molecular formula is C42H83O8P. The first kappa shape index (κ1) is 50.1. The fraction of sp³-hybridized carbons (Fsp3) is 0.952. The number of hydrogen-bond donors (Lipinski definition) is 2. The Balaban J connectivity index is 3.78. The Kier molecular flexibility index (Phi) is 36.7. The molecule has 8 nitrogen and oxygen atoms in total. The number of carbonyl (C=O) groups is 2. The van der Waals surface area contributed by atoms with Crippen LogP contribution in [0.5, 0.6) is 0 Å². The van der Waals surface area contributed by atoms with Gasteiger partial charge in [-0.1, -0.05) is 207 Å². The zero-order chi connectivity index (χ0) is 37.7. The smallest absolute Gasteiger partial charge is 0.462 e. The normalized spacial score (nSPS) is 13.0. The monoisotopic (exact) mass is 747 g/mol. The highest BCUT2D eigenvalue weighted by atomic mass is 31.2. The number of hydrogen-bond acceptors (Lipinski definition) is 6. The maximum Gasteiger partial charge on any atom is 0.469 e. The van der Waals surface area contributed by atoms with Gasteiger partial charge in [0.2, 0.25) is 0 Å². The van der Waals surface area contributed by atoms with Crippen molar-refractivity contribution in [3.05, 3.63) is 0 Å². The Morgan fingerprint density at radius 1 is 0.510 bits per heavy atom. The van der Waals surface area contributed by atoms with Crippen LogP contribution in [0, 0.1) is 5.92 Å². The van der Waals surface area contributed by atoms with Crippen LogP contribution in [0.4, 0.5) is 0 Å². The van der Waals surface area contributed by atoms with Gasteiger partial charge in [0.15, 0.2) is 6.10 Å². The number of rotatable bonds is 40. The van der Waals surface area contributed by atoms with E-state index in [0.29, 0.717) is 6.42 Å². The first-order chi connectivity index (χ1) is 24.7. The van der Waals surface area contributed by atoms with Crippen LogP contribution in [0.15, 0.2) is 0 Å². The molecule has 0 saturated heterocycles. The molecule has 2 N–H and O–H groups in total. The first-order valence-electron chi connectivity index (χ1n) is 21.7. The molecule has 0 rings (SSSR count). The van der Waals surface area contributed by atoms with Gasteiger partial charge in [-0.05, 0) is 18.8 Å². The summed E-state index contributed by atoms with van der Waals surface area (Å²) in [6.07, 6.45) is 38.3. The topological polar surface area (TPSA) is 119 Å². The van der Waals surface area contributed by atoms with Crippen molar-refractivity contribution in [3.8, 4) is 0 Å². The molecule has 0 bridgehead atoms. The predicted octanol–water partition coefficient (Wildman–Crippen LogP) is 13.1. The first-order valence-corrected chi connectivity index (χ1v) is 23.3. The molecule has 0 saturated carbocycles. The summed E-state index contributed by atoms with van der Waals surface area (Å²) in [7, 11) is -4.74. The van der Waals surface area contributed by atoms with E-state index in [2.05, 4.69) is 25.3 Å². The van der Waals surface area contributed by atoms with Crippen molar-refractivity contribution < 1.29 is 37.9 Å². The number of esters is 2. The maximum atomic E-state index is 12.4. The number of phosphoric ester groups is 1. The average Bonchev–Trinajstić information content (AvgIpc) is 3.10. The molecule has 0 aliphatic rings. The van der Waals surface area contributed by atoms with Crippen LogP contribution >= 0.6 is 7.82 Å². The Bertz CT molecular complexity index is 817. The minimum absolute atomic E-state index is 0.219. The third kappa shape index (κ3) is 40.1. The summed E-state index contributed by atoms with van der Waals surface area (Å²) < 4.78 is 26.4. The van der Waals surface area contributed by atoms with Gasteiger partial charge in [0.25, 0.3) is 0 Å². The van der Waals surface area contributed by atoms with Crippen molar-refractivity contribution in [2.24, 2.45) is 5.92 Å². The fourth-order valence-corrected chi connectivity index (χ4v) is 6.89. The molecule has 0 fully saturated rings. The molecule has 0 amide bonds. The zero-order valence-corrected chi connectivity index (χ0v) is 34.6. The molecule has 0 aliphatic carbocycles. The van der Waals surface area contributed by atoms with E-state index < -0.39 is 32.5 Å². The molecule has 2 atom stereocenters. The Morgan fingerprint density at radius 3 is 1.24 bits per heavy atom. The molecule has 304 valence electrons. The van der Waals surface area contributed by atoms with Crippen LogP contribution in [-0.4, -0.2) is 41.0 Å². The van der Waals surface area contributed by atoms with Crippen molar-refractivity contribution in [1.29, 1.82) is 0 Å². The van der Waals surface area contributed by atoms with Gasteiger partial charge in [0.05, 0.1) is 6.61 Å². The summed E-state index contributed by atoms with van der Waals surface area (Å²) in [6.45, 7) is 6.09. The Labute approximate surface area is 315 Å². The molecule has 9 heteroatoms. The lowest BCUT2D eigenvalue weighted by atomic mass is 9.99. The third-order valence-electron chi connectivity index (χ3n) is 10.2. The van der Waals surface area contributed by atoms with Crippen molar-refractivity contribution in [2.75, 3.05) is 13.2 Å². The van der Waals surface area contributed by atoms with E-state index in [-0.39, 0.29) is 19.4 Å². The summed E-state index contributed by atoms with van der Waals surface area (Å²) in [5, 5.41) is 0. The second-order valence-corrected chi connectivity index (χ2v) is 16.5. The van der Waals surface area contributed by atoms with Crippen LogP contribution in [0.25, 0.3) is 0 Å². The van der Waals surface area contributed by atoms with Gasteiger partial charge in [-0.2, -0.15) is 0 Å². The van der Waals surface area contributed by atoms with Crippen LogP contribution in [0.3, 0.4) is 0 Å². The number of phosphoric acid groups is 1. The highest BCUT2D eigenvalue weighted by Gasteiger charge is 2.23. The van der Waals surface area contributed by atoms with Gasteiger partial charge in [-0.3, -0.25) is 14.1 Å². The van der Waals surface area contributed by atoms with E-state index in [1.54, 1.807) is 0 Å². The van der Waals surface area contributed by atoms with Crippen LogP contribution in [0.1, 0.15) is 233 Å². The minimum atomic E-state index is -4.74. The van der Waals surface area contributed by atoms with Gasteiger partial charge in [0, 0.05) is 12.8 Å². The van der Waals surface area contributed by atoms with E-state index in [1.165, 1.54) is 154 Å². The molecule has 0 spiro atoms. The highest BCUT2D eigenvalue weighted by molar-refractivity contribution is 7.46. The molecule has 0 aromatic rings. The Hall–Kier alpha value is -0.950. The minimum Gasteiger partial charge on any atom is -0.462 e. The third-order valence-corrected chi connectivity index (χ3v) is 10.7. The number of ether oxygens (including phenoxy) is 2. The molecule has 1 unspecified atom stereocenters. The van der Waals surface area contributed by atoms with Gasteiger partial charge in [0.1, 0.15) is 6.61 Å². The van der Waals surface area contributed by atoms with Crippen molar-refractivity contribution in [2.45, 2.75) is 239 Å². The second-order valence-electron chi connectivity index (χ2n) is 15.3. The molecule has 0 aliphatic heterocycles. The fourth-order valence-electron chi connectivity index (χ4n) is 6.53. The summed E-state index contributed by atoms with van der Waals surface area (Å²) in [6, 6.07) is 0. The van der Waals surface area contributed by atoms with Gasteiger partial charge < -0.3 is 19.3 Å². The molecule has 51 heavy (non-hydrogen) atoms. The van der Waals surface area contributed by atoms with Crippen molar-refractivity contribution >= 4 is 19.8 Å². The lowest BCUT2D eigenvalue weighted by Crippen LogP contribution is -2.29. The number of unbranched alkanes of at least 4 members (excludes halogenated alkanes) is 27. The SMILES string of the molecule is CCCCCCCCCCCCCC(=O)O[C@H](COC(=O)CCCCCCCCCCCCCCCCCCCCC(C)CC)COP(=O)(O)O. The molecular weight excluding hydrogens is 663 g/mol. The van der Waals surface area contributed by atoms with Crippen LogP contribution < -0.4 is 0 Å². The average molecular weight is 747 g/mol. The lowest BCUT2D eigenvalue weighted by molar-refractivity contribution is -0.161. The lowest BCUT2D eigenvalue weighted by Gasteiger charge is -2.18. The van der Waals surface area contributed by atoms with Crippen LogP contribution in [-0.2, 0) is 28.2 Å². The molecule has 0 heterocycles. The van der Waals surface area contributed by atoms with Gasteiger partial charge in [-0.25, -0.2) is 4.57 Å². The summed E-state index contributed by atoms with van der Waals surface area (Å²) >= 11 is 0. The summed E-state index contributed by atoms with van der Waals surface area (Å²) in [5.74, 6) is 0.0320. The summed E-state index contributed by atoms with van der Waals surface area (Å²) in [5.41, 5.74) is 0. The molecule has 0 radical (unpaired) electrons. The molecule has 0 aromatic carbocycles. The molecule has 0 aromatic heterocycles. The van der Waals surface area contributed by atoms with Crippen molar-refractivity contribution in [3.63, 3.8) is 0 Å². The van der Waals surface area contributed by atoms with E-state index in [4.69, 9.17) is 19.3 Å². The van der Waals surface area contributed by atoms with Crippen LogP contribution in [0.2, 0.25) is 0 Å². The maximum absolute atomic E-state index is 12.4. The van der Waals surface area contributed by atoms with E-state index >= 15 is 0 Å². The quantitative estimate of drug-likeness (QED) is 0.0361. The number of carbonyl (C=O) groups excluding carboxylic acids is 2. The zero-order valence-electron chi connectivity index (χ0n) is 33.7. The highest BCUT2D eigenvalue weighted by Crippen LogP contribution is 2.36. The van der Waals surface area contributed by atoms with E-state index in [1.807, 2.05) is 0 Å². The van der Waals surface area contributed by atoms with E-state index in [0.717, 1.165) is 44.4 Å². The van der Waals surface area contributed by atoms with Crippen molar-refractivity contribution in [1.82, 2.24) is 0 Å². The van der Waals surface area contributed by atoms with Gasteiger partial charge in [-0.15, -0.1) is 0 Å². The summed E-state index contributed by atoms with van der Waals surface area (Å²) in [4.78, 5) is 42.8.